The fourth-order valence-corrected chi connectivity index (χ4v) is 1.03. The van der Waals surface area contributed by atoms with E-state index >= 15 is 0 Å². The van der Waals surface area contributed by atoms with Gasteiger partial charge in [-0.2, -0.15) is 5.26 Å². The largest absolute Gasteiger partial charge is 0.573 e. The van der Waals surface area contributed by atoms with Gasteiger partial charge in [0.1, 0.15) is 17.5 Å². The van der Waals surface area contributed by atoms with Gasteiger partial charge in [0.05, 0.1) is 12.3 Å². The van der Waals surface area contributed by atoms with Crippen LogP contribution in [0.15, 0.2) is 6.07 Å². The lowest BCUT2D eigenvalue weighted by molar-refractivity contribution is -0.274. The molecule has 0 aliphatic rings. The Hall–Kier alpha value is -2.01. The number of hydrogen-bond donors (Lipinski definition) is 2. The number of aliphatic hydroxyl groups excluding tert-OH is 1. The lowest BCUT2D eigenvalue weighted by atomic mass is 10.2. The summed E-state index contributed by atoms with van der Waals surface area (Å²) in [4.78, 5) is 3.51. The highest BCUT2D eigenvalue weighted by Crippen LogP contribution is 2.28. The van der Waals surface area contributed by atoms with Crippen molar-refractivity contribution in [2.45, 2.75) is 13.0 Å². The molecule has 1 aromatic heterocycles. The van der Waals surface area contributed by atoms with Crippen LogP contribution in [-0.2, 0) is 6.61 Å². The van der Waals surface area contributed by atoms with Crippen molar-refractivity contribution in [1.29, 1.82) is 5.26 Å². The molecule has 86 valence electrons. The molecule has 5 nitrogen and oxygen atoms in total. The fraction of sp³-hybridized carbons (Fsp3) is 0.250. The van der Waals surface area contributed by atoms with Crippen LogP contribution in [0.1, 0.15) is 11.3 Å². The van der Waals surface area contributed by atoms with Gasteiger partial charge in [-0.1, -0.05) is 0 Å². The van der Waals surface area contributed by atoms with E-state index in [9.17, 15) is 13.2 Å². The SMILES string of the molecule is N#Cc1c(OC(F)(F)F)cc(N)nc1CO. The summed E-state index contributed by atoms with van der Waals surface area (Å²) in [7, 11) is 0. The molecule has 0 saturated carbocycles. The smallest absolute Gasteiger partial charge is 0.404 e. The van der Waals surface area contributed by atoms with E-state index in [-0.39, 0.29) is 11.5 Å². The summed E-state index contributed by atoms with van der Waals surface area (Å²) in [5, 5.41) is 17.4. The summed E-state index contributed by atoms with van der Waals surface area (Å²) in [6.45, 7) is -0.706. The maximum atomic E-state index is 12.0. The Morgan fingerprint density at radius 2 is 2.19 bits per heavy atom. The highest BCUT2D eigenvalue weighted by molar-refractivity contribution is 5.51. The maximum Gasteiger partial charge on any atom is 0.573 e. The summed E-state index contributed by atoms with van der Waals surface area (Å²) in [5.41, 5.74) is 4.44. The van der Waals surface area contributed by atoms with Gasteiger partial charge in [0.15, 0.2) is 5.75 Å². The van der Waals surface area contributed by atoms with Crippen molar-refractivity contribution < 1.29 is 23.0 Å². The number of nitrogen functional groups attached to an aromatic ring is 1. The number of alkyl halides is 3. The molecule has 16 heavy (non-hydrogen) atoms. The van der Waals surface area contributed by atoms with Gasteiger partial charge >= 0.3 is 6.36 Å². The van der Waals surface area contributed by atoms with E-state index in [1.165, 1.54) is 6.07 Å². The van der Waals surface area contributed by atoms with Crippen molar-refractivity contribution in [3.05, 3.63) is 17.3 Å². The van der Waals surface area contributed by atoms with Gasteiger partial charge in [0.2, 0.25) is 0 Å². The second-order valence-electron chi connectivity index (χ2n) is 2.68. The van der Waals surface area contributed by atoms with Gasteiger partial charge in [-0.05, 0) is 0 Å². The number of hydrogen-bond acceptors (Lipinski definition) is 5. The van der Waals surface area contributed by atoms with Crippen molar-refractivity contribution in [2.24, 2.45) is 0 Å². The maximum absolute atomic E-state index is 12.0. The lowest BCUT2D eigenvalue weighted by Crippen LogP contribution is -2.19. The van der Waals surface area contributed by atoms with Crippen molar-refractivity contribution in [2.75, 3.05) is 5.73 Å². The Balaban J connectivity index is 3.27. The highest BCUT2D eigenvalue weighted by Gasteiger charge is 2.33. The normalized spacial score (nSPS) is 10.9. The number of nitrogens with zero attached hydrogens (tertiary/aromatic N) is 2. The Bertz CT molecular complexity index is 439. The van der Waals surface area contributed by atoms with E-state index < -0.39 is 24.3 Å². The number of halogens is 3. The van der Waals surface area contributed by atoms with Gasteiger partial charge in [-0.15, -0.1) is 13.2 Å². The van der Waals surface area contributed by atoms with Gasteiger partial charge < -0.3 is 15.6 Å². The first kappa shape index (κ1) is 12.1. The van der Waals surface area contributed by atoms with Crippen LogP contribution in [0, 0.1) is 11.3 Å². The van der Waals surface area contributed by atoms with Crippen LogP contribution in [-0.4, -0.2) is 16.5 Å². The van der Waals surface area contributed by atoms with Crippen LogP contribution < -0.4 is 10.5 Å². The zero-order chi connectivity index (χ0) is 12.3. The minimum atomic E-state index is -4.94. The van der Waals surface area contributed by atoms with Gasteiger partial charge in [-0.3, -0.25) is 0 Å². The van der Waals surface area contributed by atoms with E-state index in [4.69, 9.17) is 16.1 Å². The summed E-state index contributed by atoms with van der Waals surface area (Å²) in [5.74, 6) is -1.05. The van der Waals surface area contributed by atoms with E-state index in [1.54, 1.807) is 0 Å². The van der Waals surface area contributed by atoms with Crippen molar-refractivity contribution in [3.8, 4) is 11.8 Å². The van der Waals surface area contributed by atoms with E-state index in [1.807, 2.05) is 0 Å². The summed E-state index contributed by atoms with van der Waals surface area (Å²) in [6.07, 6.45) is -4.94. The molecule has 1 heterocycles. The predicted octanol–water partition coefficient (Wildman–Crippen LogP) is 0.926. The number of nitrogens with two attached hydrogens (primary N) is 1. The quantitative estimate of drug-likeness (QED) is 0.792. The molecule has 0 aliphatic carbocycles. The van der Waals surface area contributed by atoms with Gasteiger partial charge in [-0.25, -0.2) is 4.98 Å². The Labute approximate surface area is 87.9 Å². The van der Waals surface area contributed by atoms with Crippen molar-refractivity contribution in [1.82, 2.24) is 4.98 Å². The van der Waals surface area contributed by atoms with E-state index in [2.05, 4.69) is 9.72 Å². The third-order valence-electron chi connectivity index (χ3n) is 1.57. The number of ether oxygens (including phenoxy) is 1. The standard InChI is InChI=1S/C8H6F3N3O2/c9-8(10,11)16-6-1-7(13)14-5(3-15)4(6)2-12/h1,15H,3H2,(H2,13,14). The molecular formula is C8H6F3N3O2. The van der Waals surface area contributed by atoms with Crippen molar-refractivity contribution in [3.63, 3.8) is 0 Å². The highest BCUT2D eigenvalue weighted by atomic mass is 19.4. The summed E-state index contributed by atoms with van der Waals surface area (Å²) >= 11 is 0. The number of pyridine rings is 1. The molecule has 0 saturated heterocycles. The first-order valence-electron chi connectivity index (χ1n) is 3.93. The Morgan fingerprint density at radius 1 is 1.56 bits per heavy atom. The molecule has 0 aromatic carbocycles. The molecule has 0 unspecified atom stereocenters. The second kappa shape index (κ2) is 4.24. The first-order valence-corrected chi connectivity index (χ1v) is 3.93. The molecule has 0 aliphatic heterocycles. The van der Waals surface area contributed by atoms with Crippen molar-refractivity contribution >= 4 is 5.82 Å². The molecular weight excluding hydrogens is 227 g/mol. The molecule has 0 amide bonds. The van der Waals surface area contributed by atoms with E-state index in [0.29, 0.717) is 0 Å². The zero-order valence-corrected chi connectivity index (χ0v) is 7.75. The molecule has 0 fully saturated rings. The number of aliphatic hydroxyl groups is 1. The average molecular weight is 233 g/mol. The molecule has 0 atom stereocenters. The van der Waals surface area contributed by atoms with Crippen LogP contribution in [0.2, 0.25) is 0 Å². The Kier molecular flexibility index (Phi) is 3.20. The number of nitriles is 1. The molecule has 0 bridgehead atoms. The summed E-state index contributed by atoms with van der Waals surface area (Å²) < 4.78 is 39.5. The molecule has 3 N–H and O–H groups in total. The molecule has 0 radical (unpaired) electrons. The minimum Gasteiger partial charge on any atom is -0.404 e. The molecule has 8 heteroatoms. The summed E-state index contributed by atoms with van der Waals surface area (Å²) in [6, 6.07) is 2.23. The second-order valence-corrected chi connectivity index (χ2v) is 2.68. The van der Waals surface area contributed by atoms with Crippen LogP contribution in [0.25, 0.3) is 0 Å². The van der Waals surface area contributed by atoms with Crippen LogP contribution in [0.4, 0.5) is 19.0 Å². The average Bonchev–Trinajstić information content (AvgIpc) is 2.14. The Morgan fingerprint density at radius 3 is 2.62 bits per heavy atom. The first-order chi connectivity index (χ1) is 7.37. The number of anilines is 1. The third-order valence-corrected chi connectivity index (χ3v) is 1.57. The topological polar surface area (TPSA) is 92.2 Å². The number of rotatable bonds is 2. The lowest BCUT2D eigenvalue weighted by Gasteiger charge is -2.12. The number of aromatic nitrogens is 1. The van der Waals surface area contributed by atoms with Gasteiger partial charge in [0.25, 0.3) is 0 Å². The minimum absolute atomic E-state index is 0.262. The zero-order valence-electron chi connectivity index (χ0n) is 7.75. The van der Waals surface area contributed by atoms with Crippen LogP contribution >= 0.6 is 0 Å². The monoisotopic (exact) mass is 233 g/mol. The van der Waals surface area contributed by atoms with Crippen LogP contribution in [0.3, 0.4) is 0 Å². The predicted molar refractivity (Wildman–Crippen MR) is 46.0 cm³/mol. The molecule has 0 spiro atoms. The van der Waals surface area contributed by atoms with Gasteiger partial charge in [0, 0.05) is 6.07 Å². The third kappa shape index (κ3) is 2.74. The molecule has 1 rings (SSSR count). The molecule has 1 aromatic rings. The van der Waals surface area contributed by atoms with Crippen LogP contribution in [0.5, 0.6) is 5.75 Å². The van der Waals surface area contributed by atoms with E-state index in [0.717, 1.165) is 6.07 Å². The fourth-order valence-electron chi connectivity index (χ4n) is 1.03.